The molecule has 0 saturated carbocycles. The number of hydrogen-bond acceptors (Lipinski definition) is 4. The Morgan fingerprint density at radius 2 is 2.38 bits per heavy atom. The Hall–Kier alpha value is -0.920. The Morgan fingerprint density at radius 1 is 1.62 bits per heavy atom. The normalized spacial score (nSPS) is 23.5. The van der Waals surface area contributed by atoms with Crippen molar-refractivity contribution in [3.63, 3.8) is 0 Å². The summed E-state index contributed by atoms with van der Waals surface area (Å²) in [5.41, 5.74) is 6.35. The van der Waals surface area contributed by atoms with Gasteiger partial charge in [-0.1, -0.05) is 0 Å². The molecule has 1 atom stereocenters. The first kappa shape index (κ1) is 11.6. The first-order valence-electron chi connectivity index (χ1n) is 5.27. The van der Waals surface area contributed by atoms with Gasteiger partial charge in [0.1, 0.15) is 4.90 Å². The van der Waals surface area contributed by atoms with E-state index >= 15 is 0 Å². The van der Waals surface area contributed by atoms with E-state index in [4.69, 9.17) is 5.73 Å². The molecule has 0 amide bonds. The average molecular weight is 244 g/mol. The van der Waals surface area contributed by atoms with Crippen molar-refractivity contribution < 1.29 is 8.42 Å². The average Bonchev–Trinajstić information content (AvgIpc) is 2.65. The second-order valence-electron chi connectivity index (χ2n) is 4.12. The van der Waals surface area contributed by atoms with E-state index in [1.165, 1.54) is 10.5 Å². The van der Waals surface area contributed by atoms with Gasteiger partial charge in [-0.2, -0.15) is 9.40 Å². The Labute approximate surface area is 94.9 Å². The molecule has 2 rings (SSSR count). The Bertz CT molecular complexity index is 468. The third-order valence-electron chi connectivity index (χ3n) is 2.82. The van der Waals surface area contributed by atoms with Gasteiger partial charge in [0.2, 0.25) is 10.0 Å². The van der Waals surface area contributed by atoms with E-state index < -0.39 is 10.0 Å². The first-order valence-corrected chi connectivity index (χ1v) is 6.71. The maximum Gasteiger partial charge on any atom is 0.246 e. The fourth-order valence-electron chi connectivity index (χ4n) is 1.93. The molecule has 0 aliphatic carbocycles. The number of nitrogens with two attached hydrogens (primary N) is 1. The molecule has 0 radical (unpaired) electrons. The summed E-state index contributed by atoms with van der Waals surface area (Å²) in [7, 11) is -3.42. The number of piperidine rings is 1. The van der Waals surface area contributed by atoms with Crippen molar-refractivity contribution >= 4 is 10.0 Å². The number of hydrogen-bond donors (Lipinski definition) is 2. The number of rotatable bonds is 2. The van der Waals surface area contributed by atoms with E-state index in [9.17, 15) is 8.42 Å². The van der Waals surface area contributed by atoms with Crippen LogP contribution < -0.4 is 5.73 Å². The van der Waals surface area contributed by atoms with E-state index in [1.807, 2.05) is 0 Å². The molecule has 1 saturated heterocycles. The van der Waals surface area contributed by atoms with E-state index in [-0.39, 0.29) is 10.9 Å². The lowest BCUT2D eigenvalue weighted by Crippen LogP contribution is -2.45. The van der Waals surface area contributed by atoms with Gasteiger partial charge in [-0.3, -0.25) is 5.10 Å². The minimum Gasteiger partial charge on any atom is -0.327 e. The van der Waals surface area contributed by atoms with Gasteiger partial charge in [-0.15, -0.1) is 0 Å². The molecule has 1 fully saturated rings. The van der Waals surface area contributed by atoms with Gasteiger partial charge in [-0.05, 0) is 19.8 Å². The lowest BCUT2D eigenvalue weighted by Gasteiger charge is -2.29. The lowest BCUT2D eigenvalue weighted by atomic mass is 10.1. The van der Waals surface area contributed by atoms with Gasteiger partial charge >= 0.3 is 0 Å². The number of nitrogens with one attached hydrogen (secondary N) is 1. The summed E-state index contributed by atoms with van der Waals surface area (Å²) in [5.74, 6) is 0. The van der Waals surface area contributed by atoms with Gasteiger partial charge in [0.15, 0.2) is 0 Å². The molecule has 1 aliphatic rings. The minimum atomic E-state index is -3.42. The standard InChI is InChI=1S/C9H16N4O2S/c1-7-9(5-11-12-7)16(14,15)13-4-2-3-8(10)6-13/h5,8H,2-4,6,10H2,1H3,(H,11,12). The monoisotopic (exact) mass is 244 g/mol. The van der Waals surface area contributed by atoms with Crippen LogP contribution in [0.25, 0.3) is 0 Å². The van der Waals surface area contributed by atoms with Gasteiger partial charge < -0.3 is 5.73 Å². The van der Waals surface area contributed by atoms with Crippen molar-refractivity contribution in [2.24, 2.45) is 5.73 Å². The molecule has 7 heteroatoms. The second kappa shape index (κ2) is 4.15. The summed E-state index contributed by atoms with van der Waals surface area (Å²) in [4.78, 5) is 0.251. The summed E-state index contributed by atoms with van der Waals surface area (Å²) in [6, 6.07) is -0.0595. The second-order valence-corrected chi connectivity index (χ2v) is 6.03. The Balaban J connectivity index is 2.29. The van der Waals surface area contributed by atoms with Gasteiger partial charge in [-0.25, -0.2) is 8.42 Å². The van der Waals surface area contributed by atoms with E-state index in [0.717, 1.165) is 12.8 Å². The van der Waals surface area contributed by atoms with Gasteiger partial charge in [0.25, 0.3) is 0 Å². The predicted octanol–water partition coefficient (Wildman–Crippen LogP) is -0.170. The van der Waals surface area contributed by atoms with Gasteiger partial charge in [0.05, 0.1) is 11.9 Å². The summed E-state index contributed by atoms with van der Waals surface area (Å²) in [5, 5.41) is 6.38. The molecule has 1 aromatic heterocycles. The van der Waals surface area contributed by atoms with Crippen LogP contribution in [0, 0.1) is 6.92 Å². The number of aromatic amines is 1. The smallest absolute Gasteiger partial charge is 0.246 e. The highest BCUT2D eigenvalue weighted by Crippen LogP contribution is 2.21. The van der Waals surface area contributed by atoms with Crippen LogP contribution in [-0.4, -0.2) is 42.1 Å². The molecule has 2 heterocycles. The van der Waals surface area contributed by atoms with Crippen molar-refractivity contribution in [1.82, 2.24) is 14.5 Å². The SMILES string of the molecule is Cc1[nH]ncc1S(=O)(=O)N1CCCC(N)C1. The molecule has 0 spiro atoms. The van der Waals surface area contributed by atoms with Crippen molar-refractivity contribution in [2.75, 3.05) is 13.1 Å². The third-order valence-corrected chi connectivity index (χ3v) is 4.80. The van der Waals surface area contributed by atoms with Crippen molar-refractivity contribution in [3.05, 3.63) is 11.9 Å². The lowest BCUT2D eigenvalue weighted by molar-refractivity contribution is 0.316. The maximum absolute atomic E-state index is 12.2. The highest BCUT2D eigenvalue weighted by Gasteiger charge is 2.30. The summed E-state index contributed by atoms with van der Waals surface area (Å²) in [6.45, 7) is 2.64. The Morgan fingerprint density at radius 3 is 2.94 bits per heavy atom. The largest absolute Gasteiger partial charge is 0.327 e. The zero-order chi connectivity index (χ0) is 11.8. The van der Waals surface area contributed by atoms with Crippen LogP contribution in [0.4, 0.5) is 0 Å². The van der Waals surface area contributed by atoms with Crippen molar-refractivity contribution in [1.29, 1.82) is 0 Å². The predicted molar refractivity (Wildman–Crippen MR) is 59.3 cm³/mol. The van der Waals surface area contributed by atoms with Crippen LogP contribution in [0.1, 0.15) is 18.5 Å². The molecule has 0 aromatic carbocycles. The number of aryl methyl sites for hydroxylation is 1. The van der Waals surface area contributed by atoms with Crippen LogP contribution in [0.3, 0.4) is 0 Å². The first-order chi connectivity index (χ1) is 7.51. The van der Waals surface area contributed by atoms with Crippen LogP contribution in [-0.2, 0) is 10.0 Å². The van der Waals surface area contributed by atoms with Crippen LogP contribution >= 0.6 is 0 Å². The number of sulfonamides is 1. The molecule has 3 N–H and O–H groups in total. The van der Waals surface area contributed by atoms with Crippen LogP contribution in [0.2, 0.25) is 0 Å². The van der Waals surface area contributed by atoms with Crippen LogP contribution in [0.5, 0.6) is 0 Å². The minimum absolute atomic E-state index is 0.0595. The topological polar surface area (TPSA) is 92.1 Å². The number of nitrogens with zero attached hydrogens (tertiary/aromatic N) is 2. The molecular formula is C9H16N4O2S. The van der Waals surface area contributed by atoms with Crippen molar-refractivity contribution in [3.8, 4) is 0 Å². The Kier molecular flexibility index (Phi) is 3.00. The van der Waals surface area contributed by atoms with E-state index in [0.29, 0.717) is 18.8 Å². The quantitative estimate of drug-likeness (QED) is 0.755. The van der Waals surface area contributed by atoms with E-state index in [1.54, 1.807) is 6.92 Å². The maximum atomic E-state index is 12.2. The van der Waals surface area contributed by atoms with Gasteiger partial charge in [0, 0.05) is 19.1 Å². The van der Waals surface area contributed by atoms with E-state index in [2.05, 4.69) is 10.2 Å². The summed E-state index contributed by atoms with van der Waals surface area (Å²) >= 11 is 0. The molecule has 1 aliphatic heterocycles. The molecule has 0 bridgehead atoms. The molecular weight excluding hydrogens is 228 g/mol. The third kappa shape index (κ3) is 1.98. The molecule has 6 nitrogen and oxygen atoms in total. The zero-order valence-corrected chi connectivity index (χ0v) is 10.00. The summed E-state index contributed by atoms with van der Waals surface area (Å²) < 4.78 is 25.9. The molecule has 1 aromatic rings. The molecule has 16 heavy (non-hydrogen) atoms. The number of H-pyrrole nitrogens is 1. The fraction of sp³-hybridized carbons (Fsp3) is 0.667. The number of aromatic nitrogens is 2. The fourth-order valence-corrected chi connectivity index (χ4v) is 3.58. The molecule has 90 valence electrons. The zero-order valence-electron chi connectivity index (χ0n) is 9.18. The van der Waals surface area contributed by atoms with Crippen LogP contribution in [0.15, 0.2) is 11.1 Å². The van der Waals surface area contributed by atoms with Crippen molar-refractivity contribution in [2.45, 2.75) is 30.7 Å². The highest BCUT2D eigenvalue weighted by molar-refractivity contribution is 7.89. The molecule has 1 unspecified atom stereocenters. The summed E-state index contributed by atoms with van der Waals surface area (Å²) in [6.07, 6.45) is 3.05. The highest BCUT2D eigenvalue weighted by atomic mass is 32.2.